The van der Waals surface area contributed by atoms with Crippen molar-refractivity contribution in [3.05, 3.63) is 90.3 Å². The minimum absolute atomic E-state index is 1.28. The lowest BCUT2D eigenvalue weighted by Gasteiger charge is -2.09. The summed E-state index contributed by atoms with van der Waals surface area (Å²) in [7, 11) is 0. The van der Waals surface area contributed by atoms with Gasteiger partial charge >= 0.3 is 0 Å². The number of hydrogen-bond acceptors (Lipinski definition) is 0. The van der Waals surface area contributed by atoms with E-state index < -0.39 is 0 Å². The third-order valence-corrected chi connectivity index (χ3v) is 3.72. The van der Waals surface area contributed by atoms with Crippen LogP contribution in [0.25, 0.3) is 22.3 Å². The van der Waals surface area contributed by atoms with E-state index in [9.17, 15) is 0 Å². The fraction of sp³-hybridized carbons (Fsp3) is 0. The van der Waals surface area contributed by atoms with E-state index >= 15 is 0 Å². The smallest absolute Gasteiger partial charge is 0.0212 e. The third-order valence-electron chi connectivity index (χ3n) is 3.72. The first-order valence-corrected chi connectivity index (χ1v) is 6.56. The van der Waals surface area contributed by atoms with Crippen LogP contribution in [0.3, 0.4) is 0 Å². The molecule has 1 radical (unpaired) electrons. The second-order valence-electron chi connectivity index (χ2n) is 4.87. The van der Waals surface area contributed by atoms with Gasteiger partial charge in [-0.15, -0.1) is 0 Å². The van der Waals surface area contributed by atoms with E-state index in [1.807, 2.05) is 0 Å². The van der Waals surface area contributed by atoms with Crippen molar-refractivity contribution in [2.45, 2.75) is 0 Å². The molecule has 0 saturated carbocycles. The van der Waals surface area contributed by atoms with Gasteiger partial charge in [-0.05, 0) is 33.4 Å². The minimum Gasteiger partial charge on any atom is -0.0622 e. The van der Waals surface area contributed by atoms with E-state index in [0.29, 0.717) is 0 Å². The van der Waals surface area contributed by atoms with Gasteiger partial charge in [0.15, 0.2) is 0 Å². The topological polar surface area (TPSA) is 0 Å². The molecule has 0 bridgehead atoms. The van der Waals surface area contributed by atoms with Crippen LogP contribution in [0.1, 0.15) is 11.1 Å². The Bertz CT molecular complexity index is 739. The number of fused-ring (bicyclic) bond motifs is 3. The molecule has 0 nitrogen and oxygen atoms in total. The van der Waals surface area contributed by atoms with Gasteiger partial charge < -0.3 is 0 Å². The lowest BCUT2D eigenvalue weighted by molar-refractivity contribution is 1.54. The average Bonchev–Trinajstić information content (AvgIpc) is 2.86. The van der Waals surface area contributed by atoms with Crippen molar-refractivity contribution < 1.29 is 0 Å². The van der Waals surface area contributed by atoms with Crippen LogP contribution >= 0.6 is 0 Å². The van der Waals surface area contributed by atoms with E-state index in [-0.39, 0.29) is 0 Å². The largest absolute Gasteiger partial charge is 0.0622 e. The Morgan fingerprint density at radius 1 is 0.474 bits per heavy atom. The van der Waals surface area contributed by atoms with Gasteiger partial charge in [-0.25, -0.2) is 0 Å². The van der Waals surface area contributed by atoms with Crippen LogP contribution in [0.15, 0.2) is 72.8 Å². The molecule has 0 heterocycles. The highest BCUT2D eigenvalue weighted by Crippen LogP contribution is 2.43. The minimum atomic E-state index is 1.28. The Morgan fingerprint density at radius 3 is 2.05 bits per heavy atom. The SMILES string of the molecule is [CH]1c2ccccc2-c2c1cccc2-c1ccccc1. The first kappa shape index (κ1) is 10.6. The summed E-state index contributed by atoms with van der Waals surface area (Å²) >= 11 is 0. The maximum absolute atomic E-state index is 2.27. The van der Waals surface area contributed by atoms with Crippen molar-refractivity contribution in [2.24, 2.45) is 0 Å². The molecule has 89 valence electrons. The molecule has 0 saturated heterocycles. The molecule has 3 aromatic carbocycles. The highest BCUT2D eigenvalue weighted by atomic mass is 14.2. The molecule has 0 fully saturated rings. The predicted octanol–water partition coefficient (Wildman–Crippen LogP) is 4.93. The van der Waals surface area contributed by atoms with Crippen LogP contribution < -0.4 is 0 Å². The van der Waals surface area contributed by atoms with Crippen molar-refractivity contribution in [1.82, 2.24) is 0 Å². The first-order valence-electron chi connectivity index (χ1n) is 6.56. The molecule has 0 aromatic heterocycles. The average molecular weight is 241 g/mol. The van der Waals surface area contributed by atoms with Crippen LogP contribution in [0.5, 0.6) is 0 Å². The molecule has 19 heavy (non-hydrogen) atoms. The Labute approximate surface area is 113 Å². The zero-order valence-electron chi connectivity index (χ0n) is 10.5. The lowest BCUT2D eigenvalue weighted by atomic mass is 9.94. The maximum atomic E-state index is 2.27. The molecule has 0 unspecified atom stereocenters. The third kappa shape index (κ3) is 1.61. The second kappa shape index (κ2) is 4.10. The molecule has 4 rings (SSSR count). The molecular weight excluding hydrogens is 228 g/mol. The van der Waals surface area contributed by atoms with Gasteiger partial charge in [-0.1, -0.05) is 72.8 Å². The number of hydrogen-bond donors (Lipinski definition) is 0. The fourth-order valence-electron chi connectivity index (χ4n) is 2.87. The van der Waals surface area contributed by atoms with E-state index in [0.717, 1.165) is 0 Å². The summed E-state index contributed by atoms with van der Waals surface area (Å²) in [5, 5.41) is 0. The zero-order chi connectivity index (χ0) is 12.7. The van der Waals surface area contributed by atoms with E-state index in [1.54, 1.807) is 0 Å². The van der Waals surface area contributed by atoms with Crippen molar-refractivity contribution in [1.29, 1.82) is 0 Å². The van der Waals surface area contributed by atoms with Gasteiger partial charge in [0.05, 0.1) is 0 Å². The monoisotopic (exact) mass is 241 g/mol. The quantitative estimate of drug-likeness (QED) is 0.443. The molecule has 0 spiro atoms. The van der Waals surface area contributed by atoms with Gasteiger partial charge in [0.2, 0.25) is 0 Å². The summed E-state index contributed by atoms with van der Waals surface area (Å²) in [6.45, 7) is 0. The molecule has 0 atom stereocenters. The molecule has 0 N–H and O–H groups in total. The van der Waals surface area contributed by atoms with Gasteiger partial charge in [-0.3, -0.25) is 0 Å². The molecule has 3 aromatic rings. The van der Waals surface area contributed by atoms with Crippen LogP contribution in [0, 0.1) is 6.42 Å². The van der Waals surface area contributed by atoms with Crippen LogP contribution in [0.2, 0.25) is 0 Å². The summed E-state index contributed by atoms with van der Waals surface area (Å²) in [5.74, 6) is 0. The van der Waals surface area contributed by atoms with Crippen molar-refractivity contribution in [3.8, 4) is 22.3 Å². The van der Waals surface area contributed by atoms with Gasteiger partial charge in [0.25, 0.3) is 0 Å². The molecule has 0 heteroatoms. The normalized spacial score (nSPS) is 12.0. The molecular formula is C19H13. The molecule has 0 amide bonds. The van der Waals surface area contributed by atoms with Gasteiger partial charge in [0.1, 0.15) is 0 Å². The highest BCUT2D eigenvalue weighted by molar-refractivity contribution is 5.92. The van der Waals surface area contributed by atoms with Crippen molar-refractivity contribution in [3.63, 3.8) is 0 Å². The lowest BCUT2D eigenvalue weighted by Crippen LogP contribution is -1.84. The van der Waals surface area contributed by atoms with Crippen LogP contribution in [-0.4, -0.2) is 0 Å². The summed E-state index contributed by atoms with van der Waals surface area (Å²) in [6, 6.07) is 25.8. The van der Waals surface area contributed by atoms with E-state index in [4.69, 9.17) is 0 Å². The standard InChI is InChI=1S/C19H13/c1-2-7-14(8-3-1)17-12-6-10-16-13-15-9-4-5-11-18(15)19(16)17/h1-13H. The predicted molar refractivity (Wildman–Crippen MR) is 79.8 cm³/mol. The maximum Gasteiger partial charge on any atom is 0.0212 e. The highest BCUT2D eigenvalue weighted by Gasteiger charge is 2.21. The molecule has 0 aliphatic heterocycles. The van der Waals surface area contributed by atoms with Crippen LogP contribution in [0.4, 0.5) is 0 Å². The summed E-state index contributed by atoms with van der Waals surface area (Å²) in [5.41, 5.74) is 7.95. The first-order chi connectivity index (χ1) is 9.43. The zero-order valence-corrected chi connectivity index (χ0v) is 10.5. The van der Waals surface area contributed by atoms with Crippen LogP contribution in [-0.2, 0) is 0 Å². The summed E-state index contributed by atoms with van der Waals surface area (Å²) in [4.78, 5) is 0. The van der Waals surface area contributed by atoms with Gasteiger partial charge in [-0.2, -0.15) is 0 Å². The number of rotatable bonds is 1. The van der Waals surface area contributed by atoms with Crippen molar-refractivity contribution >= 4 is 0 Å². The summed E-state index contributed by atoms with van der Waals surface area (Å²) in [6.07, 6.45) is 2.27. The fourth-order valence-corrected chi connectivity index (χ4v) is 2.87. The molecule has 1 aliphatic rings. The van der Waals surface area contributed by atoms with Gasteiger partial charge in [0, 0.05) is 6.42 Å². The second-order valence-corrected chi connectivity index (χ2v) is 4.87. The molecule has 1 aliphatic carbocycles. The van der Waals surface area contributed by atoms with Crippen molar-refractivity contribution in [2.75, 3.05) is 0 Å². The Kier molecular flexibility index (Phi) is 2.28. The summed E-state index contributed by atoms with van der Waals surface area (Å²) < 4.78 is 0. The Hall–Kier alpha value is -2.34. The Balaban J connectivity index is 2.01. The Morgan fingerprint density at radius 2 is 1.16 bits per heavy atom. The van der Waals surface area contributed by atoms with E-state index in [2.05, 4.69) is 79.2 Å². The van der Waals surface area contributed by atoms with E-state index in [1.165, 1.54) is 33.4 Å². The number of benzene rings is 3.